The molecule has 0 saturated carbocycles. The number of benzene rings is 1. The highest BCUT2D eigenvalue weighted by molar-refractivity contribution is 7.92. The Morgan fingerprint density at radius 3 is 2.61 bits per heavy atom. The average molecular weight is 352 g/mol. The number of ether oxygens (including phenoxy) is 1. The van der Waals surface area contributed by atoms with Gasteiger partial charge in [0, 0.05) is 11.5 Å². The molecule has 122 valence electrons. The van der Waals surface area contributed by atoms with Gasteiger partial charge in [-0.15, -0.1) is 11.3 Å². The number of hydrogen-bond acceptors (Lipinski definition) is 6. The van der Waals surface area contributed by atoms with Crippen LogP contribution in [0.5, 0.6) is 5.75 Å². The van der Waals surface area contributed by atoms with Gasteiger partial charge in [-0.25, -0.2) is 18.1 Å². The van der Waals surface area contributed by atoms with Crippen LogP contribution in [-0.4, -0.2) is 25.4 Å². The highest BCUT2D eigenvalue weighted by atomic mass is 32.2. The molecule has 23 heavy (non-hydrogen) atoms. The summed E-state index contributed by atoms with van der Waals surface area (Å²) >= 11 is 1.04. The zero-order valence-electron chi connectivity index (χ0n) is 12.9. The smallest absolute Gasteiger partial charge is 0.275 e. The Kier molecular flexibility index (Phi) is 3.89. The number of nitrogens with one attached hydrogen (secondary N) is 1. The van der Waals surface area contributed by atoms with Gasteiger partial charge in [-0.05, 0) is 19.9 Å². The average Bonchev–Trinajstić information content (AvgIpc) is 2.99. The maximum absolute atomic E-state index is 12.4. The Bertz CT molecular complexity index is 873. The van der Waals surface area contributed by atoms with E-state index in [-0.39, 0.29) is 10.1 Å². The van der Waals surface area contributed by atoms with Crippen molar-refractivity contribution in [3.8, 4) is 5.75 Å². The molecule has 2 atom stereocenters. The van der Waals surface area contributed by atoms with Gasteiger partial charge >= 0.3 is 0 Å². The minimum atomic E-state index is -3.94. The van der Waals surface area contributed by atoms with Gasteiger partial charge in [-0.1, -0.05) is 25.1 Å². The summed E-state index contributed by atoms with van der Waals surface area (Å²) in [4.78, 5) is 16.5. The number of aryl methyl sites for hydroxylation is 2. The van der Waals surface area contributed by atoms with Crippen LogP contribution >= 0.6 is 11.3 Å². The lowest BCUT2D eigenvalue weighted by Crippen LogP contribution is -2.41. The Labute approximate surface area is 138 Å². The number of fused-ring (bicyclic) bond motifs is 1. The molecule has 1 aliphatic rings. The quantitative estimate of drug-likeness (QED) is 0.915. The predicted molar refractivity (Wildman–Crippen MR) is 86.2 cm³/mol. The number of rotatable bonds is 3. The fourth-order valence-electron chi connectivity index (χ4n) is 2.65. The normalized spacial score (nSPS) is 20.0. The van der Waals surface area contributed by atoms with Crippen LogP contribution in [0.15, 0.2) is 28.5 Å². The lowest BCUT2D eigenvalue weighted by Gasteiger charge is -2.15. The molecule has 0 unspecified atom stereocenters. The van der Waals surface area contributed by atoms with Gasteiger partial charge in [0.2, 0.25) is 0 Å². The minimum Gasteiger partial charge on any atom is -0.480 e. The van der Waals surface area contributed by atoms with Crippen LogP contribution in [0.25, 0.3) is 0 Å². The van der Waals surface area contributed by atoms with Gasteiger partial charge < -0.3 is 4.74 Å². The Hall–Kier alpha value is -1.93. The molecule has 2 heterocycles. The second kappa shape index (κ2) is 5.61. The summed E-state index contributed by atoms with van der Waals surface area (Å²) in [6.07, 6.45) is -0.864. The number of hydrogen-bond donors (Lipinski definition) is 1. The minimum absolute atomic E-state index is 0.0616. The number of thiazole rings is 1. The van der Waals surface area contributed by atoms with Crippen LogP contribution in [0.2, 0.25) is 0 Å². The van der Waals surface area contributed by atoms with Crippen molar-refractivity contribution in [3.63, 3.8) is 0 Å². The fraction of sp³-hybridized carbons (Fsp3) is 0.333. The zero-order chi connectivity index (χ0) is 16.8. The number of carbonyl (C=O) groups excluding carboxylic acids is 1. The molecular formula is C15H16N2O4S2. The van der Waals surface area contributed by atoms with Crippen molar-refractivity contribution >= 4 is 27.3 Å². The number of sulfonamides is 1. The fourth-order valence-corrected chi connectivity index (χ4v) is 5.12. The zero-order valence-corrected chi connectivity index (χ0v) is 14.5. The Morgan fingerprint density at radius 2 is 2.00 bits per heavy atom. The van der Waals surface area contributed by atoms with Crippen LogP contribution in [0, 0.1) is 13.8 Å². The maximum atomic E-state index is 12.4. The van der Waals surface area contributed by atoms with Crippen molar-refractivity contribution < 1.29 is 17.9 Å². The highest BCUT2D eigenvalue weighted by Gasteiger charge is 2.38. The number of aromatic nitrogens is 1. The molecule has 0 bridgehead atoms. The second-order valence-electron chi connectivity index (χ2n) is 5.44. The molecule has 0 radical (unpaired) electrons. The molecule has 0 fully saturated rings. The van der Waals surface area contributed by atoms with E-state index in [1.165, 1.54) is 0 Å². The molecule has 1 N–H and O–H groups in total. The van der Waals surface area contributed by atoms with E-state index < -0.39 is 22.0 Å². The van der Waals surface area contributed by atoms with E-state index in [1.807, 2.05) is 25.1 Å². The standard InChI is InChI=1S/C15H16N2O4S2/c1-8-11-6-4-5-7-12(11)21-13(8)14(18)17-23(19,20)15-9(2)16-10(3)22-15/h4-8,13H,1-3H3,(H,17,18)/t8-,13+/m0/s1. The maximum Gasteiger partial charge on any atom is 0.275 e. The molecular weight excluding hydrogens is 336 g/mol. The summed E-state index contributed by atoms with van der Waals surface area (Å²) in [5, 5.41) is 0.633. The molecule has 0 aliphatic carbocycles. The summed E-state index contributed by atoms with van der Waals surface area (Å²) in [6.45, 7) is 5.16. The van der Waals surface area contributed by atoms with Crippen LogP contribution in [0.1, 0.15) is 29.1 Å². The first-order valence-corrected chi connectivity index (χ1v) is 9.36. The first kappa shape index (κ1) is 15.9. The number of carbonyl (C=O) groups is 1. The van der Waals surface area contributed by atoms with Gasteiger partial charge in [-0.3, -0.25) is 4.79 Å². The third-order valence-corrected chi connectivity index (χ3v) is 6.75. The molecule has 1 aliphatic heterocycles. The molecule has 8 heteroatoms. The van der Waals surface area contributed by atoms with E-state index in [2.05, 4.69) is 9.71 Å². The Morgan fingerprint density at radius 1 is 1.30 bits per heavy atom. The van der Waals surface area contributed by atoms with Gasteiger partial charge in [0.15, 0.2) is 10.3 Å². The SMILES string of the molecule is Cc1nc(C)c(S(=O)(=O)NC(=O)[C@@H]2Oc3ccccc3[C@@H]2C)s1. The topological polar surface area (TPSA) is 85.4 Å². The van der Waals surface area contributed by atoms with E-state index in [0.717, 1.165) is 16.9 Å². The van der Waals surface area contributed by atoms with Crippen molar-refractivity contribution in [2.75, 3.05) is 0 Å². The van der Waals surface area contributed by atoms with E-state index in [0.29, 0.717) is 16.5 Å². The molecule has 1 aromatic heterocycles. The van der Waals surface area contributed by atoms with E-state index >= 15 is 0 Å². The molecule has 0 spiro atoms. The monoisotopic (exact) mass is 352 g/mol. The second-order valence-corrected chi connectivity index (χ2v) is 8.52. The van der Waals surface area contributed by atoms with Crippen LogP contribution in [0.4, 0.5) is 0 Å². The summed E-state index contributed by atoms with van der Waals surface area (Å²) < 4.78 is 32.6. The van der Waals surface area contributed by atoms with E-state index in [9.17, 15) is 13.2 Å². The first-order chi connectivity index (χ1) is 10.8. The largest absolute Gasteiger partial charge is 0.480 e. The lowest BCUT2D eigenvalue weighted by molar-refractivity contribution is -0.126. The molecule has 1 amide bonds. The molecule has 3 rings (SSSR count). The number of para-hydroxylation sites is 1. The molecule has 2 aromatic rings. The van der Waals surface area contributed by atoms with Gasteiger partial charge in [0.25, 0.3) is 15.9 Å². The van der Waals surface area contributed by atoms with Crippen molar-refractivity contribution in [3.05, 3.63) is 40.5 Å². The Balaban J connectivity index is 1.82. The van der Waals surface area contributed by atoms with Crippen molar-refractivity contribution in [1.29, 1.82) is 0 Å². The molecule has 0 saturated heterocycles. The number of nitrogens with zero attached hydrogens (tertiary/aromatic N) is 1. The van der Waals surface area contributed by atoms with E-state index in [1.54, 1.807) is 19.9 Å². The first-order valence-electron chi connectivity index (χ1n) is 7.06. The van der Waals surface area contributed by atoms with Gasteiger partial charge in [0.05, 0.1) is 10.7 Å². The van der Waals surface area contributed by atoms with Crippen LogP contribution < -0.4 is 9.46 Å². The number of amides is 1. The van der Waals surface area contributed by atoms with Crippen molar-refractivity contribution in [2.24, 2.45) is 0 Å². The predicted octanol–water partition coefficient (Wildman–Crippen LogP) is 2.13. The van der Waals surface area contributed by atoms with E-state index in [4.69, 9.17) is 4.74 Å². The summed E-state index contributed by atoms with van der Waals surface area (Å²) in [5.41, 5.74) is 1.28. The summed E-state index contributed by atoms with van der Waals surface area (Å²) in [7, 11) is -3.94. The third-order valence-electron chi connectivity index (χ3n) is 3.72. The third kappa shape index (κ3) is 2.84. The van der Waals surface area contributed by atoms with Crippen molar-refractivity contribution in [2.45, 2.75) is 37.0 Å². The van der Waals surface area contributed by atoms with Crippen LogP contribution in [0.3, 0.4) is 0 Å². The van der Waals surface area contributed by atoms with Crippen LogP contribution in [-0.2, 0) is 14.8 Å². The summed E-state index contributed by atoms with van der Waals surface area (Å²) in [6, 6.07) is 7.31. The van der Waals surface area contributed by atoms with Crippen molar-refractivity contribution in [1.82, 2.24) is 9.71 Å². The lowest BCUT2D eigenvalue weighted by atomic mass is 9.97. The molecule has 6 nitrogen and oxygen atoms in total. The van der Waals surface area contributed by atoms with Gasteiger partial charge in [0.1, 0.15) is 5.75 Å². The molecule has 1 aromatic carbocycles. The van der Waals surface area contributed by atoms with Gasteiger partial charge in [-0.2, -0.15) is 0 Å². The summed E-state index contributed by atoms with van der Waals surface area (Å²) in [5.74, 6) is -0.271. The highest BCUT2D eigenvalue weighted by Crippen LogP contribution is 2.37.